The number of anilines is 1. The highest BCUT2D eigenvalue weighted by molar-refractivity contribution is 5.87. The summed E-state index contributed by atoms with van der Waals surface area (Å²) < 4.78 is 6.93. The van der Waals surface area contributed by atoms with Crippen LogP contribution in [0, 0.1) is 0 Å². The van der Waals surface area contributed by atoms with Crippen LogP contribution >= 0.6 is 0 Å². The van der Waals surface area contributed by atoms with Gasteiger partial charge in [0.25, 0.3) is 0 Å². The fourth-order valence-corrected chi connectivity index (χ4v) is 1.90. The highest BCUT2D eigenvalue weighted by Crippen LogP contribution is 2.25. The summed E-state index contributed by atoms with van der Waals surface area (Å²) in [5.41, 5.74) is 7.26. The lowest BCUT2D eigenvalue weighted by Crippen LogP contribution is -2.23. The summed E-state index contributed by atoms with van der Waals surface area (Å²) in [6.45, 7) is 0.112. The van der Waals surface area contributed by atoms with Gasteiger partial charge in [0.2, 0.25) is 11.9 Å². The highest BCUT2D eigenvalue weighted by atomic mass is 16.3. The summed E-state index contributed by atoms with van der Waals surface area (Å²) in [6.07, 6.45) is 3.07. The van der Waals surface area contributed by atoms with Crippen LogP contribution in [0.4, 0.5) is 5.95 Å². The first-order valence-corrected chi connectivity index (χ1v) is 5.92. The van der Waals surface area contributed by atoms with E-state index in [-0.39, 0.29) is 18.4 Å². The van der Waals surface area contributed by atoms with Crippen LogP contribution in [0.25, 0.3) is 22.6 Å². The minimum absolute atomic E-state index is 0.0996. The van der Waals surface area contributed by atoms with Gasteiger partial charge in [-0.1, -0.05) is 0 Å². The van der Waals surface area contributed by atoms with Gasteiger partial charge in [-0.15, -0.1) is 0 Å². The molecule has 0 aliphatic heterocycles. The molecule has 0 aromatic carbocycles. The number of likely N-dealkylation sites (N-methyl/N-ethyl adjacent to an activating group) is 1. The van der Waals surface area contributed by atoms with E-state index in [2.05, 4.69) is 20.3 Å². The van der Waals surface area contributed by atoms with E-state index in [1.165, 1.54) is 6.33 Å². The Morgan fingerprint density at radius 2 is 2.35 bits per heavy atom. The van der Waals surface area contributed by atoms with Crippen LogP contribution in [0.15, 0.2) is 29.1 Å². The Balaban J connectivity index is 2.17. The van der Waals surface area contributed by atoms with Crippen molar-refractivity contribution in [3.05, 3.63) is 24.7 Å². The smallest absolute Gasteiger partial charge is 0.239 e. The molecule has 1 amide bonds. The zero-order valence-electron chi connectivity index (χ0n) is 10.7. The van der Waals surface area contributed by atoms with Crippen molar-refractivity contribution in [1.82, 2.24) is 24.8 Å². The van der Waals surface area contributed by atoms with E-state index in [0.717, 1.165) is 0 Å². The molecule has 3 heterocycles. The van der Waals surface area contributed by atoms with Crippen molar-refractivity contribution in [3.8, 4) is 11.5 Å². The third kappa shape index (κ3) is 1.96. The zero-order valence-corrected chi connectivity index (χ0v) is 10.7. The van der Waals surface area contributed by atoms with Gasteiger partial charge in [-0.25, -0.2) is 9.97 Å². The summed E-state index contributed by atoms with van der Waals surface area (Å²) >= 11 is 0. The van der Waals surface area contributed by atoms with Crippen molar-refractivity contribution in [1.29, 1.82) is 0 Å². The van der Waals surface area contributed by atoms with E-state index < -0.39 is 0 Å². The molecule has 0 saturated carbocycles. The molecular formula is C12H12N6O2. The van der Waals surface area contributed by atoms with E-state index >= 15 is 0 Å². The van der Waals surface area contributed by atoms with Crippen molar-refractivity contribution >= 4 is 23.0 Å². The van der Waals surface area contributed by atoms with Crippen molar-refractivity contribution in [2.45, 2.75) is 6.54 Å². The molecule has 3 aromatic heterocycles. The summed E-state index contributed by atoms with van der Waals surface area (Å²) in [4.78, 5) is 24.0. The number of nitrogens with two attached hydrogens (primary N) is 1. The number of nitrogens with zero attached hydrogens (tertiary/aromatic N) is 4. The first-order chi connectivity index (χ1) is 9.69. The Morgan fingerprint density at radius 1 is 1.50 bits per heavy atom. The van der Waals surface area contributed by atoms with E-state index in [4.69, 9.17) is 10.2 Å². The molecule has 8 nitrogen and oxygen atoms in total. The van der Waals surface area contributed by atoms with Crippen LogP contribution in [0.3, 0.4) is 0 Å². The first kappa shape index (κ1) is 12.2. The maximum absolute atomic E-state index is 11.5. The molecule has 3 rings (SSSR count). The van der Waals surface area contributed by atoms with Crippen LogP contribution in [0.1, 0.15) is 0 Å². The molecular weight excluding hydrogens is 260 g/mol. The van der Waals surface area contributed by atoms with Gasteiger partial charge in [-0.2, -0.15) is 4.98 Å². The molecule has 3 aromatic rings. The summed E-state index contributed by atoms with van der Waals surface area (Å²) in [5, 5.41) is 2.54. The van der Waals surface area contributed by atoms with Crippen molar-refractivity contribution in [2.24, 2.45) is 0 Å². The molecule has 3 N–H and O–H groups in total. The number of hydrogen-bond acceptors (Lipinski definition) is 6. The lowest BCUT2D eigenvalue weighted by Gasteiger charge is -2.04. The van der Waals surface area contributed by atoms with E-state index in [1.807, 2.05) is 0 Å². The first-order valence-electron chi connectivity index (χ1n) is 5.92. The summed E-state index contributed by atoms with van der Waals surface area (Å²) in [7, 11) is 1.57. The second kappa shape index (κ2) is 4.65. The number of rotatable bonds is 3. The molecule has 8 heteroatoms. The number of furan rings is 1. The second-order valence-electron chi connectivity index (χ2n) is 4.13. The second-order valence-corrected chi connectivity index (χ2v) is 4.13. The average molecular weight is 272 g/mol. The highest BCUT2D eigenvalue weighted by Gasteiger charge is 2.16. The summed E-state index contributed by atoms with van der Waals surface area (Å²) in [6, 6.07) is 3.51. The van der Waals surface area contributed by atoms with E-state index in [1.54, 1.807) is 30.0 Å². The number of carbonyl (C=O) groups excluding carboxylic acids is 1. The van der Waals surface area contributed by atoms with Crippen molar-refractivity contribution in [2.75, 3.05) is 12.8 Å². The quantitative estimate of drug-likeness (QED) is 0.714. The molecule has 0 aliphatic carbocycles. The minimum atomic E-state index is -0.152. The molecule has 0 spiro atoms. The van der Waals surface area contributed by atoms with Gasteiger partial charge in [0.1, 0.15) is 17.8 Å². The van der Waals surface area contributed by atoms with Gasteiger partial charge < -0.3 is 20.0 Å². The molecule has 0 unspecified atom stereocenters. The number of fused-ring (bicyclic) bond motifs is 1. The Hall–Kier alpha value is -2.90. The SMILES string of the molecule is CNC(=O)Cn1cnc2c(-c3ccco3)nc(N)nc21. The fourth-order valence-electron chi connectivity index (χ4n) is 1.90. The minimum Gasteiger partial charge on any atom is -0.463 e. The monoisotopic (exact) mass is 272 g/mol. The van der Waals surface area contributed by atoms with Crippen molar-refractivity contribution < 1.29 is 9.21 Å². The fraction of sp³-hybridized carbons (Fsp3) is 0.167. The molecule has 0 bridgehead atoms. The van der Waals surface area contributed by atoms with Gasteiger partial charge in [-0.05, 0) is 12.1 Å². The number of amides is 1. The van der Waals surface area contributed by atoms with Gasteiger partial charge in [0, 0.05) is 7.05 Å². The van der Waals surface area contributed by atoms with Crippen LogP contribution < -0.4 is 11.1 Å². The van der Waals surface area contributed by atoms with Crippen molar-refractivity contribution in [3.63, 3.8) is 0 Å². The number of aromatic nitrogens is 4. The molecule has 0 saturated heterocycles. The van der Waals surface area contributed by atoms with Gasteiger partial charge in [-0.3, -0.25) is 4.79 Å². The van der Waals surface area contributed by atoms with Crippen LogP contribution in [-0.2, 0) is 11.3 Å². The maximum Gasteiger partial charge on any atom is 0.239 e. The van der Waals surface area contributed by atoms with Gasteiger partial charge in [0.05, 0.1) is 12.6 Å². The third-order valence-electron chi connectivity index (χ3n) is 2.83. The zero-order chi connectivity index (χ0) is 14.1. The number of carbonyl (C=O) groups is 1. The van der Waals surface area contributed by atoms with E-state index in [0.29, 0.717) is 22.6 Å². The van der Waals surface area contributed by atoms with Crippen LogP contribution in [0.5, 0.6) is 0 Å². The topological polar surface area (TPSA) is 112 Å². The lowest BCUT2D eigenvalue weighted by molar-refractivity contribution is -0.121. The predicted octanol–water partition coefficient (Wildman–Crippen LogP) is 0.414. The lowest BCUT2D eigenvalue weighted by atomic mass is 10.3. The summed E-state index contributed by atoms with van der Waals surface area (Å²) in [5.74, 6) is 0.498. The number of hydrogen-bond donors (Lipinski definition) is 2. The number of nitrogens with one attached hydrogen (secondary N) is 1. The molecule has 20 heavy (non-hydrogen) atoms. The Kier molecular flexibility index (Phi) is 2.82. The molecule has 0 atom stereocenters. The number of imidazole rings is 1. The van der Waals surface area contributed by atoms with E-state index in [9.17, 15) is 4.79 Å². The van der Waals surface area contributed by atoms with Crippen LogP contribution in [-0.4, -0.2) is 32.5 Å². The predicted molar refractivity (Wildman–Crippen MR) is 71.5 cm³/mol. The number of nitrogen functional groups attached to an aromatic ring is 1. The van der Waals surface area contributed by atoms with Gasteiger partial charge in [0.15, 0.2) is 11.4 Å². The normalized spacial score (nSPS) is 10.8. The largest absolute Gasteiger partial charge is 0.463 e. The van der Waals surface area contributed by atoms with Gasteiger partial charge >= 0.3 is 0 Å². The standard InChI is InChI=1S/C12H12N6O2/c1-14-8(19)5-18-6-15-10-9(7-3-2-4-20-7)16-12(13)17-11(10)18/h2-4,6H,5H2,1H3,(H,14,19)(H2,13,16,17). The Labute approximate surface area is 113 Å². The molecule has 0 fully saturated rings. The van der Waals surface area contributed by atoms with Crippen LogP contribution in [0.2, 0.25) is 0 Å². The molecule has 0 aliphatic rings. The molecule has 0 radical (unpaired) electrons. The third-order valence-corrected chi connectivity index (χ3v) is 2.83. The molecule has 102 valence electrons. The maximum atomic E-state index is 11.5. The Bertz CT molecular complexity index is 762. The Morgan fingerprint density at radius 3 is 3.05 bits per heavy atom. The average Bonchev–Trinajstić information content (AvgIpc) is 3.08.